The number of carboxylic acid groups (broad SMARTS) is 1. The molecule has 1 aromatic rings. The number of ether oxygens (including phenoxy) is 1. The summed E-state index contributed by atoms with van der Waals surface area (Å²) in [5.41, 5.74) is 0.226. The van der Waals surface area contributed by atoms with E-state index in [2.05, 4.69) is 0 Å². The number of amides is 1. The molecule has 2 unspecified atom stereocenters. The molecule has 0 bridgehead atoms. The van der Waals surface area contributed by atoms with Crippen molar-refractivity contribution < 1.29 is 23.8 Å². The van der Waals surface area contributed by atoms with Gasteiger partial charge in [0.25, 0.3) is 5.91 Å². The summed E-state index contributed by atoms with van der Waals surface area (Å²) in [6.45, 7) is 2.19. The predicted octanol–water partition coefficient (Wildman–Crippen LogP) is 1.77. The van der Waals surface area contributed by atoms with Crippen molar-refractivity contribution >= 4 is 11.9 Å². The van der Waals surface area contributed by atoms with Gasteiger partial charge in [-0.15, -0.1) is 0 Å². The zero-order chi connectivity index (χ0) is 14.9. The first-order chi connectivity index (χ1) is 9.45. The molecule has 1 heterocycles. The summed E-state index contributed by atoms with van der Waals surface area (Å²) in [4.78, 5) is 24.9. The van der Waals surface area contributed by atoms with Crippen molar-refractivity contribution in [3.8, 4) is 5.75 Å². The van der Waals surface area contributed by atoms with Crippen molar-refractivity contribution in [2.45, 2.75) is 19.4 Å². The lowest BCUT2D eigenvalue weighted by Gasteiger charge is -2.23. The molecule has 0 spiro atoms. The average molecular weight is 281 g/mol. The van der Waals surface area contributed by atoms with E-state index in [0.717, 1.165) is 6.07 Å². The highest BCUT2D eigenvalue weighted by Gasteiger charge is 2.39. The van der Waals surface area contributed by atoms with Gasteiger partial charge in [0, 0.05) is 12.1 Å². The van der Waals surface area contributed by atoms with Gasteiger partial charge in [0.1, 0.15) is 6.04 Å². The molecule has 6 heteroatoms. The highest BCUT2D eigenvalue weighted by Crippen LogP contribution is 2.27. The second-order valence-corrected chi connectivity index (χ2v) is 4.90. The fourth-order valence-corrected chi connectivity index (χ4v) is 2.51. The van der Waals surface area contributed by atoms with E-state index >= 15 is 0 Å². The molecule has 1 aromatic carbocycles. The van der Waals surface area contributed by atoms with Gasteiger partial charge in [0.15, 0.2) is 11.6 Å². The third-order valence-corrected chi connectivity index (χ3v) is 3.61. The standard InChI is InChI=1S/C14H16FNO4/c1-8-5-6-16(12(8)14(18)19)13(17)9-3-4-10(15)11(7-9)20-2/h3-4,7-8,12H,5-6H2,1-2H3,(H,18,19). The minimum Gasteiger partial charge on any atom is -0.494 e. The van der Waals surface area contributed by atoms with Crippen LogP contribution >= 0.6 is 0 Å². The summed E-state index contributed by atoms with van der Waals surface area (Å²) >= 11 is 0. The van der Waals surface area contributed by atoms with Crippen LogP contribution in [0.25, 0.3) is 0 Å². The van der Waals surface area contributed by atoms with Gasteiger partial charge in [-0.2, -0.15) is 0 Å². The Morgan fingerprint density at radius 3 is 2.75 bits per heavy atom. The first-order valence-electron chi connectivity index (χ1n) is 6.33. The predicted molar refractivity (Wildman–Crippen MR) is 69.2 cm³/mol. The first kappa shape index (κ1) is 14.3. The molecule has 0 radical (unpaired) electrons. The number of nitrogens with zero attached hydrogens (tertiary/aromatic N) is 1. The molecular formula is C14H16FNO4. The second kappa shape index (κ2) is 5.48. The molecule has 0 aromatic heterocycles. The molecule has 0 saturated carbocycles. The van der Waals surface area contributed by atoms with E-state index in [1.165, 1.54) is 24.1 Å². The van der Waals surface area contributed by atoms with E-state index in [1.54, 1.807) is 6.92 Å². The van der Waals surface area contributed by atoms with Crippen LogP contribution in [-0.4, -0.2) is 41.6 Å². The zero-order valence-corrected chi connectivity index (χ0v) is 11.3. The summed E-state index contributed by atoms with van der Waals surface area (Å²) in [6.07, 6.45) is 0.640. The Morgan fingerprint density at radius 2 is 2.15 bits per heavy atom. The molecule has 2 rings (SSSR count). The molecule has 1 fully saturated rings. The van der Waals surface area contributed by atoms with E-state index in [-0.39, 0.29) is 17.2 Å². The van der Waals surface area contributed by atoms with Crippen LogP contribution in [0.5, 0.6) is 5.75 Å². The number of methoxy groups -OCH3 is 1. The molecule has 1 aliphatic rings. The Labute approximate surface area is 116 Å². The van der Waals surface area contributed by atoms with Crippen molar-refractivity contribution in [3.63, 3.8) is 0 Å². The maximum absolute atomic E-state index is 13.3. The van der Waals surface area contributed by atoms with Gasteiger partial charge in [-0.25, -0.2) is 9.18 Å². The third-order valence-electron chi connectivity index (χ3n) is 3.61. The minimum absolute atomic E-state index is 0.0324. The van der Waals surface area contributed by atoms with Gasteiger partial charge in [-0.3, -0.25) is 4.79 Å². The Hall–Kier alpha value is -2.11. The van der Waals surface area contributed by atoms with Gasteiger partial charge in [0.2, 0.25) is 0 Å². The Bertz CT molecular complexity index is 546. The number of benzene rings is 1. The number of rotatable bonds is 3. The lowest BCUT2D eigenvalue weighted by atomic mass is 10.0. The SMILES string of the molecule is COc1cc(C(=O)N2CCC(C)C2C(=O)O)ccc1F. The smallest absolute Gasteiger partial charge is 0.326 e. The molecular weight excluding hydrogens is 265 g/mol. The highest BCUT2D eigenvalue weighted by atomic mass is 19.1. The highest BCUT2D eigenvalue weighted by molar-refractivity contribution is 5.97. The van der Waals surface area contributed by atoms with E-state index < -0.39 is 23.7 Å². The van der Waals surface area contributed by atoms with Crippen LogP contribution in [-0.2, 0) is 4.79 Å². The van der Waals surface area contributed by atoms with Gasteiger partial charge < -0.3 is 14.7 Å². The second-order valence-electron chi connectivity index (χ2n) is 4.90. The Balaban J connectivity index is 2.29. The van der Waals surface area contributed by atoms with Crippen molar-refractivity contribution in [2.24, 2.45) is 5.92 Å². The number of carboxylic acids is 1. The van der Waals surface area contributed by atoms with Crippen molar-refractivity contribution in [1.82, 2.24) is 4.90 Å². The molecule has 20 heavy (non-hydrogen) atoms. The van der Waals surface area contributed by atoms with E-state index in [9.17, 15) is 19.1 Å². The first-order valence-corrected chi connectivity index (χ1v) is 6.33. The van der Waals surface area contributed by atoms with Gasteiger partial charge in [0.05, 0.1) is 7.11 Å². The van der Waals surface area contributed by atoms with E-state index in [0.29, 0.717) is 13.0 Å². The van der Waals surface area contributed by atoms with Crippen LogP contribution in [0.3, 0.4) is 0 Å². The number of carbonyl (C=O) groups excluding carboxylic acids is 1. The lowest BCUT2D eigenvalue weighted by Crippen LogP contribution is -2.42. The maximum Gasteiger partial charge on any atom is 0.326 e. The minimum atomic E-state index is -1.02. The summed E-state index contributed by atoms with van der Waals surface area (Å²) in [5, 5.41) is 9.22. The summed E-state index contributed by atoms with van der Waals surface area (Å²) < 4.78 is 18.2. The maximum atomic E-state index is 13.3. The molecule has 2 atom stereocenters. The van der Waals surface area contributed by atoms with Crippen molar-refractivity contribution in [1.29, 1.82) is 0 Å². The number of carbonyl (C=O) groups is 2. The van der Waals surface area contributed by atoms with Crippen LogP contribution in [0.2, 0.25) is 0 Å². The average Bonchev–Trinajstić information content (AvgIpc) is 2.80. The van der Waals surface area contributed by atoms with Gasteiger partial charge in [-0.05, 0) is 30.5 Å². The van der Waals surface area contributed by atoms with Crippen LogP contribution in [0.4, 0.5) is 4.39 Å². The molecule has 1 aliphatic heterocycles. The van der Waals surface area contributed by atoms with E-state index in [1.807, 2.05) is 0 Å². The van der Waals surface area contributed by atoms with Crippen molar-refractivity contribution in [2.75, 3.05) is 13.7 Å². The number of hydrogen-bond acceptors (Lipinski definition) is 3. The quantitative estimate of drug-likeness (QED) is 0.917. The Kier molecular flexibility index (Phi) is 3.92. The number of hydrogen-bond donors (Lipinski definition) is 1. The van der Waals surface area contributed by atoms with Crippen molar-refractivity contribution in [3.05, 3.63) is 29.6 Å². The number of aliphatic carboxylic acids is 1. The fourth-order valence-electron chi connectivity index (χ4n) is 2.51. The lowest BCUT2D eigenvalue weighted by molar-refractivity contribution is -0.142. The molecule has 1 amide bonds. The number of likely N-dealkylation sites (tertiary alicyclic amines) is 1. The monoisotopic (exact) mass is 281 g/mol. The summed E-state index contributed by atoms with van der Waals surface area (Å²) in [6, 6.07) is 2.93. The zero-order valence-electron chi connectivity index (χ0n) is 11.3. The van der Waals surface area contributed by atoms with Crippen LogP contribution < -0.4 is 4.74 Å². The normalized spacial score (nSPS) is 21.9. The molecule has 0 aliphatic carbocycles. The molecule has 1 N–H and O–H groups in total. The van der Waals surface area contributed by atoms with Crippen LogP contribution in [0.15, 0.2) is 18.2 Å². The van der Waals surface area contributed by atoms with Crippen LogP contribution in [0, 0.1) is 11.7 Å². The number of halogens is 1. The fraction of sp³-hybridized carbons (Fsp3) is 0.429. The molecule has 1 saturated heterocycles. The summed E-state index contributed by atoms with van der Waals surface area (Å²) in [7, 11) is 1.31. The van der Waals surface area contributed by atoms with Crippen LogP contribution in [0.1, 0.15) is 23.7 Å². The largest absolute Gasteiger partial charge is 0.494 e. The van der Waals surface area contributed by atoms with E-state index in [4.69, 9.17) is 4.74 Å². The summed E-state index contributed by atoms with van der Waals surface area (Å²) in [5.74, 6) is -2.13. The molecule has 5 nitrogen and oxygen atoms in total. The van der Waals surface area contributed by atoms with Gasteiger partial charge in [-0.1, -0.05) is 6.92 Å². The third kappa shape index (κ3) is 2.45. The topological polar surface area (TPSA) is 66.8 Å². The van der Waals surface area contributed by atoms with Gasteiger partial charge >= 0.3 is 5.97 Å². The Morgan fingerprint density at radius 1 is 1.45 bits per heavy atom. The molecule has 108 valence electrons.